The fourth-order valence-electron chi connectivity index (χ4n) is 9.30. The van der Waals surface area contributed by atoms with Crippen LogP contribution in [0.3, 0.4) is 0 Å². The van der Waals surface area contributed by atoms with Crippen LogP contribution in [0.4, 0.5) is 0 Å². The van der Waals surface area contributed by atoms with E-state index < -0.39 is 5.41 Å². The number of nitrogens with zero attached hydrogens (tertiary/aromatic N) is 1. The van der Waals surface area contributed by atoms with Gasteiger partial charge in [0, 0.05) is 89.2 Å². The van der Waals surface area contributed by atoms with Gasteiger partial charge in [-0.15, -0.1) is 11.3 Å². The zero-order valence-electron chi connectivity index (χ0n) is 60.5. The molecule has 9 aromatic rings. The van der Waals surface area contributed by atoms with Gasteiger partial charge in [-0.3, -0.25) is 38.5 Å². The Bertz CT molecular complexity index is 3630. The molecule has 7 aromatic carbocycles. The van der Waals surface area contributed by atoms with E-state index in [0.717, 1.165) is 94.2 Å². The number of rotatable bonds is 24. The predicted octanol–water partition coefficient (Wildman–Crippen LogP) is 22.6. The Labute approximate surface area is 591 Å². The summed E-state index contributed by atoms with van der Waals surface area (Å²) in [6, 6.07) is 72.8. The molecule has 1 atom stereocenters. The highest BCUT2D eigenvalue weighted by Crippen LogP contribution is 2.33. The summed E-state index contributed by atoms with van der Waals surface area (Å²) in [5.74, 6) is 2.63. The topological polar surface area (TPSA) is 149 Å². The summed E-state index contributed by atoms with van der Waals surface area (Å²) < 4.78 is 0. The molecule has 9 nitrogen and oxygen atoms in total. The molecule has 0 aliphatic carbocycles. The third kappa shape index (κ3) is 37.3. The average molecular weight is 1340 g/mol. The summed E-state index contributed by atoms with van der Waals surface area (Å²) in [7, 11) is 0. The standard InChI is InChI=1S/C13H12OS.4C12H16O.C11H14O.C8H9NO.C8H8O/c1-13(10-14,12-8-5-9-15-12)11-6-3-2-4-7-11;1-9(2)8-11-4-6-12(7-5-11)10(3)13;1-12(2,3)9-11(13)10-7-5-4-6-8-10;1-2-3-9-12(13)10-11-7-5-4-6-8-11;1-2-3-5-10-12(13)11-8-6-4-7-9-11;1-9(2)8-11(12)10-6-4-3-5-7-10;1-2-8(10)7-3-5-9-6-4-7;1-7(9)8-5-3-2-4-6-8/h2-10H,1H3;4-7,9H,8H2,1-3H3;4-8H,9H2,1-3H3;4-8H,2-3,9-10H2,1H3;4,6-9H,2-3,5,10H2,1H3;3-7,9H,8H2,1-2H3;3-6H,2H2,1H3;2-6H,1H3. The summed E-state index contributed by atoms with van der Waals surface area (Å²) in [6.45, 7) is 26.0. The van der Waals surface area contributed by atoms with Crippen LogP contribution in [0.15, 0.2) is 248 Å². The SMILES string of the molecule is CC(=O)c1ccc(CC(C)C)cc1.CC(=O)c1ccccc1.CC(C)(C)CC(=O)c1ccccc1.CC(C)CC(=O)c1ccccc1.CC(C=O)(c1ccccc1)c1cccs1.CCC(=O)c1ccncc1.CCCCC(=O)Cc1ccccc1.CCCCCC(=O)c1ccccc1. The summed E-state index contributed by atoms with van der Waals surface area (Å²) in [5.41, 5.74) is 7.86. The fourth-order valence-corrected chi connectivity index (χ4v) is 10.2. The molecule has 0 bridgehead atoms. The average Bonchev–Trinajstić information content (AvgIpc) is 1.46. The molecule has 0 spiro atoms. The van der Waals surface area contributed by atoms with Gasteiger partial charge in [-0.1, -0.05) is 301 Å². The monoisotopic (exact) mass is 1340 g/mol. The number of ketones is 7. The maximum Gasteiger partial charge on any atom is 0.163 e. The maximum absolute atomic E-state index is 11.7. The van der Waals surface area contributed by atoms with Crippen molar-refractivity contribution in [3.8, 4) is 0 Å². The van der Waals surface area contributed by atoms with E-state index in [-0.39, 0.29) is 40.1 Å². The van der Waals surface area contributed by atoms with Crippen LogP contribution in [0.25, 0.3) is 0 Å². The lowest BCUT2D eigenvalue weighted by molar-refractivity contribution is -0.118. The molecular weight excluding hydrogens is 1230 g/mol. The van der Waals surface area contributed by atoms with Crippen molar-refractivity contribution in [2.75, 3.05) is 0 Å². The highest BCUT2D eigenvalue weighted by Gasteiger charge is 2.29. The lowest BCUT2D eigenvalue weighted by atomic mass is 9.83. The van der Waals surface area contributed by atoms with Crippen LogP contribution < -0.4 is 0 Å². The van der Waals surface area contributed by atoms with Crippen molar-refractivity contribution in [2.24, 2.45) is 17.3 Å². The Kier molecular flexibility index (Phi) is 42.7. The first-order chi connectivity index (χ1) is 46.9. The number of unbranched alkanes of at least 4 members (excludes halogenated alkanes) is 3. The number of hydrogen-bond donors (Lipinski definition) is 0. The number of benzene rings is 7. The normalized spacial score (nSPS) is 10.8. The smallest absolute Gasteiger partial charge is 0.163 e. The molecule has 98 heavy (non-hydrogen) atoms. The molecule has 518 valence electrons. The van der Waals surface area contributed by atoms with Gasteiger partial charge in [0.2, 0.25) is 0 Å². The lowest BCUT2D eigenvalue weighted by Gasteiger charge is -2.21. The second-order valence-electron chi connectivity index (χ2n) is 25.9. The van der Waals surface area contributed by atoms with Crippen LogP contribution >= 0.6 is 11.3 Å². The quantitative estimate of drug-likeness (QED) is 0.0327. The molecular formula is C88H107NO8S. The molecule has 0 radical (unpaired) electrons. The molecule has 9 rings (SSSR count). The highest BCUT2D eigenvalue weighted by atomic mass is 32.1. The van der Waals surface area contributed by atoms with Gasteiger partial charge in [0.25, 0.3) is 0 Å². The zero-order chi connectivity index (χ0) is 72.6. The molecule has 2 heterocycles. The molecule has 2 aromatic heterocycles. The van der Waals surface area contributed by atoms with E-state index in [2.05, 4.69) is 67.3 Å². The first-order valence-electron chi connectivity index (χ1n) is 34.3. The van der Waals surface area contributed by atoms with Crippen molar-refractivity contribution in [2.45, 2.75) is 172 Å². The second kappa shape index (κ2) is 49.3. The van der Waals surface area contributed by atoms with Crippen molar-refractivity contribution in [1.82, 2.24) is 4.98 Å². The Hall–Kier alpha value is -9.25. The first kappa shape index (κ1) is 84.8. The predicted molar refractivity (Wildman–Crippen MR) is 408 cm³/mol. The third-order valence-corrected chi connectivity index (χ3v) is 15.9. The first-order valence-corrected chi connectivity index (χ1v) is 35.2. The maximum atomic E-state index is 11.7. The van der Waals surface area contributed by atoms with Crippen molar-refractivity contribution in [3.05, 3.63) is 303 Å². The Morgan fingerprint density at radius 1 is 0.429 bits per heavy atom. The highest BCUT2D eigenvalue weighted by molar-refractivity contribution is 7.10. The number of pyridine rings is 1. The second-order valence-corrected chi connectivity index (χ2v) is 26.9. The zero-order valence-corrected chi connectivity index (χ0v) is 61.3. The van der Waals surface area contributed by atoms with E-state index in [4.69, 9.17) is 0 Å². The summed E-state index contributed by atoms with van der Waals surface area (Å²) in [4.78, 5) is 94.8. The van der Waals surface area contributed by atoms with Gasteiger partial charge in [-0.2, -0.15) is 0 Å². The van der Waals surface area contributed by atoms with Gasteiger partial charge in [0.1, 0.15) is 12.1 Å². The molecule has 1 unspecified atom stereocenters. The number of Topliss-reactive ketones (excluding diaryl/α,β-unsaturated/α-hetero) is 7. The van der Waals surface area contributed by atoms with E-state index >= 15 is 0 Å². The minimum Gasteiger partial charge on any atom is -0.302 e. The number of carbonyl (C=O) groups is 8. The van der Waals surface area contributed by atoms with Gasteiger partial charge in [-0.25, -0.2) is 0 Å². The van der Waals surface area contributed by atoms with E-state index in [1.165, 1.54) is 12.0 Å². The van der Waals surface area contributed by atoms with Gasteiger partial charge in [-0.05, 0) is 97.6 Å². The largest absolute Gasteiger partial charge is 0.302 e. The summed E-state index contributed by atoms with van der Waals surface area (Å²) >= 11 is 1.62. The van der Waals surface area contributed by atoms with Crippen molar-refractivity contribution in [1.29, 1.82) is 0 Å². The van der Waals surface area contributed by atoms with E-state index in [1.54, 1.807) is 49.7 Å². The molecule has 0 fully saturated rings. The lowest BCUT2D eigenvalue weighted by Crippen LogP contribution is -2.23. The Balaban J connectivity index is 0.000000382. The van der Waals surface area contributed by atoms with Crippen molar-refractivity contribution < 1.29 is 38.4 Å². The molecule has 0 N–H and O–H groups in total. The summed E-state index contributed by atoms with van der Waals surface area (Å²) in [6.07, 6.45) is 14.6. The minimum atomic E-state index is -0.505. The number of aromatic nitrogens is 1. The summed E-state index contributed by atoms with van der Waals surface area (Å²) in [5, 5.41) is 2.00. The number of carbonyl (C=O) groups excluding carboxylic acids is 8. The number of thiophene rings is 1. The Morgan fingerprint density at radius 2 is 0.857 bits per heavy atom. The van der Waals surface area contributed by atoms with E-state index in [1.807, 2.05) is 238 Å². The van der Waals surface area contributed by atoms with Crippen LogP contribution in [0.5, 0.6) is 0 Å². The van der Waals surface area contributed by atoms with Crippen LogP contribution in [-0.4, -0.2) is 51.8 Å². The van der Waals surface area contributed by atoms with Gasteiger partial charge >= 0.3 is 0 Å². The van der Waals surface area contributed by atoms with Crippen molar-refractivity contribution >= 4 is 58.1 Å². The van der Waals surface area contributed by atoms with Crippen LogP contribution in [0.2, 0.25) is 0 Å². The van der Waals surface area contributed by atoms with Crippen LogP contribution in [0.1, 0.15) is 238 Å². The fraction of sp³-hybridized carbons (Fsp3) is 0.330. The Morgan fingerprint density at radius 3 is 1.26 bits per heavy atom. The van der Waals surface area contributed by atoms with E-state index in [9.17, 15) is 38.4 Å². The van der Waals surface area contributed by atoms with Gasteiger partial charge in [0.15, 0.2) is 34.7 Å². The molecule has 10 heteroatoms. The van der Waals surface area contributed by atoms with Crippen molar-refractivity contribution in [3.63, 3.8) is 0 Å². The van der Waals surface area contributed by atoms with Crippen LogP contribution in [-0.2, 0) is 27.8 Å². The van der Waals surface area contributed by atoms with Gasteiger partial charge in [0.05, 0.1) is 5.41 Å². The third-order valence-electron chi connectivity index (χ3n) is 14.8. The molecule has 0 amide bonds. The molecule has 0 aliphatic rings. The molecule has 0 aliphatic heterocycles. The number of hydrogen-bond acceptors (Lipinski definition) is 10. The van der Waals surface area contributed by atoms with Gasteiger partial charge < -0.3 is 4.79 Å². The number of aldehydes is 1. The van der Waals surface area contributed by atoms with E-state index in [0.29, 0.717) is 49.7 Å². The minimum absolute atomic E-state index is 0.0763. The molecule has 0 saturated carbocycles. The molecule has 0 saturated heterocycles. The van der Waals surface area contributed by atoms with Crippen LogP contribution in [0, 0.1) is 17.3 Å².